The smallest absolute Gasteiger partial charge is 0.330 e. The van der Waals surface area contributed by atoms with E-state index in [-0.39, 0.29) is 35.7 Å². The van der Waals surface area contributed by atoms with Gasteiger partial charge in [0.1, 0.15) is 30.5 Å². The van der Waals surface area contributed by atoms with Gasteiger partial charge in [0, 0.05) is 57.6 Å². The number of furan rings is 4. The van der Waals surface area contributed by atoms with Gasteiger partial charge in [0.15, 0.2) is 68.2 Å². The average molecular weight is 1430 g/mol. The molecule has 1 saturated heterocycles. The summed E-state index contributed by atoms with van der Waals surface area (Å²) in [7, 11) is 1.65. The van der Waals surface area contributed by atoms with Crippen molar-refractivity contribution in [3.05, 3.63) is 123 Å². The number of carbonyl (C=O) groups excluding carboxylic acids is 2. The van der Waals surface area contributed by atoms with Gasteiger partial charge in [-0.25, -0.2) is 29.5 Å². The molecule has 0 radical (unpaired) electrons. The number of aliphatic carboxylic acids is 1. The molecule has 0 aliphatic carbocycles. The molecule has 1 aliphatic rings. The van der Waals surface area contributed by atoms with E-state index in [1.165, 1.54) is 46.9 Å². The summed E-state index contributed by atoms with van der Waals surface area (Å²) in [6.07, 6.45) is 12.8. The zero-order valence-corrected chi connectivity index (χ0v) is 56.2. The van der Waals surface area contributed by atoms with E-state index in [4.69, 9.17) is 59.9 Å². The Morgan fingerprint density at radius 3 is 1.32 bits per heavy atom. The number of nitrogen functional groups attached to an aromatic ring is 4. The average Bonchev–Trinajstić information content (AvgIpc) is 1.62. The van der Waals surface area contributed by atoms with Crippen molar-refractivity contribution in [2.75, 3.05) is 80.9 Å². The van der Waals surface area contributed by atoms with Gasteiger partial charge in [0.05, 0.1) is 66.0 Å². The van der Waals surface area contributed by atoms with Crippen molar-refractivity contribution < 1.29 is 51.4 Å². The summed E-state index contributed by atoms with van der Waals surface area (Å²) in [5.74, 6) is 3.76. The molecule has 16 aromatic heterocycles. The molecule has 3 atom stereocenters. The summed E-state index contributed by atoms with van der Waals surface area (Å²) in [6, 6.07) is 20.1. The Morgan fingerprint density at radius 2 is 0.924 bits per heavy atom. The zero-order chi connectivity index (χ0) is 72.7. The van der Waals surface area contributed by atoms with Gasteiger partial charge in [0.2, 0.25) is 53.0 Å². The number of nitrogens with one attached hydrogen (secondary N) is 1. The molecule has 3 unspecified atom stereocenters. The van der Waals surface area contributed by atoms with Crippen molar-refractivity contribution in [3.8, 4) is 52.1 Å². The summed E-state index contributed by atoms with van der Waals surface area (Å²) in [4.78, 5) is 75.3. The Hall–Kier alpha value is -14.4. The zero-order valence-electron chi connectivity index (χ0n) is 56.2. The molecule has 1 aliphatic heterocycles. The molecule has 0 bridgehead atoms. The number of anilines is 5. The molecule has 534 valence electrons. The largest absolute Gasteiger partial charge is 0.491 e. The van der Waals surface area contributed by atoms with Crippen LogP contribution in [0.15, 0.2) is 140 Å². The summed E-state index contributed by atoms with van der Waals surface area (Å²) in [6.45, 7) is 10.9. The van der Waals surface area contributed by atoms with Gasteiger partial charge >= 0.3 is 11.9 Å². The van der Waals surface area contributed by atoms with Crippen molar-refractivity contribution in [2.45, 2.75) is 45.8 Å². The second-order valence-electron chi connectivity index (χ2n) is 23.4. The number of carboxylic acids is 1. The van der Waals surface area contributed by atoms with E-state index in [9.17, 15) is 14.4 Å². The van der Waals surface area contributed by atoms with E-state index in [0.717, 1.165) is 29.9 Å². The Balaban J connectivity index is 0.000000117. The van der Waals surface area contributed by atoms with Crippen LogP contribution in [-0.4, -0.2) is 199 Å². The maximum Gasteiger partial charge on any atom is 0.330 e. The standard InChI is InChI=1S/C26H29N9O4.C15H15N7O3.C13H11N7O3.C10H7N7O/c1-17(25(36)33-11-9-32(10-12-33)18-5-7-19(8-6-18)38-15-14-37-2)34-16-20-22(30-34)29-26(27)35-24(20)28-23(31-35)21-4-3-13-39-21;1-3-24-14(23)8(2)21-7-9-11(19-21)18-15(16)22-13(9)17-12(20-22)10-5-4-6-25-10;1-6(12(21)22)19-5-7-9(17-19)16-13(14)20-11(7)15-10(18-20)8-3-2-4-23-8;11-10-14-7-5(4-12-15-7)9-13-8(16-17(9)10)6-2-1-3-18-6/h3-8,13,16-17H,9-12,14-15H2,1-2H3,(H2,27,29,30);4-8H,3H2,1-2H3,(H2,16,18,19);2-6H,1H3,(H,21,22)(H2,14,16,17);1-4H,(H3,11,12,14,15). The number of nitrogens with zero attached hydrogens (tertiary/aromatic N) is 25. The topological polar surface area (TPSA) is 517 Å². The number of fused-ring (bicyclic) bond motifs is 12. The highest BCUT2D eigenvalue weighted by atomic mass is 16.5. The van der Waals surface area contributed by atoms with Gasteiger partial charge in [-0.05, 0) is 100 Å². The lowest BCUT2D eigenvalue weighted by atomic mass is 10.2. The molecular formula is C64H62N30O11. The molecule has 18 rings (SSSR count). The van der Waals surface area contributed by atoms with Crippen molar-refractivity contribution in [3.63, 3.8) is 0 Å². The SMILES string of the molecule is CC(C(=O)O)n1cc2c(nc(N)n3nc(-c4ccco4)nc23)n1.CCOC(=O)C(C)n1cc2c(nc(N)n3nc(-c4ccco4)nc23)n1.COCCOc1ccc(N2CCN(C(=O)C(C)n3cc4c(nc(N)n5nc(-c6ccco6)nc45)n3)CC2)cc1.Nc1nc2[nH]ncc2c2nc(-c3ccco3)nn12. The first-order valence-corrected chi connectivity index (χ1v) is 32.4. The third-order valence-electron chi connectivity index (χ3n) is 16.8. The van der Waals surface area contributed by atoms with E-state index in [2.05, 4.69) is 90.7 Å². The Morgan fingerprint density at radius 1 is 0.514 bits per heavy atom. The lowest BCUT2D eigenvalue weighted by molar-refractivity contribution is -0.147. The van der Waals surface area contributed by atoms with E-state index in [1.54, 1.807) is 111 Å². The van der Waals surface area contributed by atoms with Gasteiger partial charge in [-0.15, -0.1) is 20.4 Å². The van der Waals surface area contributed by atoms with Crippen LogP contribution in [0.2, 0.25) is 0 Å². The maximum absolute atomic E-state index is 13.4. The third kappa shape index (κ3) is 12.8. The van der Waals surface area contributed by atoms with Gasteiger partial charge in [0.25, 0.3) is 0 Å². The number of hydrogen-bond acceptors (Lipinski definition) is 31. The van der Waals surface area contributed by atoms with Gasteiger partial charge < -0.3 is 69.7 Å². The molecular weight excluding hydrogens is 1360 g/mol. The fraction of sp³-hybridized carbons (Fsp3) is 0.234. The highest BCUT2D eigenvalue weighted by Gasteiger charge is 2.29. The minimum absolute atomic E-state index is 0.00826. The number of hydrogen-bond donors (Lipinski definition) is 6. The number of rotatable bonds is 16. The summed E-state index contributed by atoms with van der Waals surface area (Å²) in [5, 5.41) is 48.7. The number of amides is 1. The number of aromatic nitrogens is 24. The monoisotopic (exact) mass is 1430 g/mol. The predicted octanol–water partition coefficient (Wildman–Crippen LogP) is 5.50. The Bertz CT molecular complexity index is 5960. The second-order valence-corrected chi connectivity index (χ2v) is 23.4. The van der Waals surface area contributed by atoms with Crippen molar-refractivity contribution in [2.24, 2.45) is 0 Å². The van der Waals surface area contributed by atoms with Crippen LogP contribution in [0.3, 0.4) is 0 Å². The molecule has 1 fully saturated rings. The second kappa shape index (κ2) is 27.6. The number of carbonyl (C=O) groups is 3. The van der Waals surface area contributed by atoms with Gasteiger partial charge in [-0.2, -0.15) is 58.4 Å². The number of nitrogens with two attached hydrogens (primary N) is 4. The van der Waals surface area contributed by atoms with Crippen molar-refractivity contribution >= 4 is 114 Å². The number of H-pyrrole nitrogens is 1. The number of piperazine rings is 1. The molecule has 1 aromatic carbocycles. The minimum Gasteiger partial charge on any atom is -0.491 e. The third-order valence-corrected chi connectivity index (χ3v) is 16.8. The minimum atomic E-state index is -1.00. The fourth-order valence-corrected chi connectivity index (χ4v) is 11.3. The van der Waals surface area contributed by atoms with Crippen LogP contribution in [0.5, 0.6) is 5.75 Å². The normalized spacial score (nSPS) is 13.3. The van der Waals surface area contributed by atoms with Crippen LogP contribution >= 0.6 is 0 Å². The van der Waals surface area contributed by atoms with Crippen LogP contribution in [0.25, 0.3) is 113 Å². The van der Waals surface area contributed by atoms with Crippen LogP contribution in [0, 0.1) is 0 Å². The first kappa shape index (κ1) is 66.5. The predicted molar refractivity (Wildman–Crippen MR) is 372 cm³/mol. The number of benzene rings is 1. The van der Waals surface area contributed by atoms with Crippen molar-refractivity contribution in [1.29, 1.82) is 0 Å². The lowest BCUT2D eigenvalue weighted by Gasteiger charge is -2.37. The van der Waals surface area contributed by atoms with Gasteiger partial charge in [-0.3, -0.25) is 23.9 Å². The molecule has 0 saturated carbocycles. The number of aromatic amines is 1. The van der Waals surface area contributed by atoms with Crippen LogP contribution in [0.1, 0.15) is 45.8 Å². The summed E-state index contributed by atoms with van der Waals surface area (Å²) >= 11 is 0. The highest BCUT2D eigenvalue weighted by Crippen LogP contribution is 2.30. The summed E-state index contributed by atoms with van der Waals surface area (Å²) < 4.78 is 47.1. The maximum atomic E-state index is 13.4. The highest BCUT2D eigenvalue weighted by molar-refractivity contribution is 5.93. The quantitative estimate of drug-likeness (QED) is 0.0514. The van der Waals surface area contributed by atoms with Gasteiger partial charge in [-0.1, -0.05) is 0 Å². The molecule has 17 heterocycles. The molecule has 10 N–H and O–H groups in total. The molecule has 41 nitrogen and oxygen atoms in total. The molecule has 41 heteroatoms. The Kier molecular flexibility index (Phi) is 17.5. The summed E-state index contributed by atoms with van der Waals surface area (Å²) in [5.41, 5.74) is 28.6. The number of esters is 1. The molecule has 17 aromatic rings. The van der Waals surface area contributed by atoms with E-state index >= 15 is 0 Å². The van der Waals surface area contributed by atoms with Crippen molar-refractivity contribution in [1.82, 2.24) is 123 Å². The number of methoxy groups -OCH3 is 1. The van der Waals surface area contributed by atoms with Crippen LogP contribution < -0.4 is 32.6 Å². The first-order valence-electron chi connectivity index (χ1n) is 32.4. The molecule has 0 spiro atoms. The van der Waals surface area contributed by atoms with Crippen LogP contribution in [-0.2, 0) is 23.9 Å². The fourth-order valence-electron chi connectivity index (χ4n) is 11.3. The molecule has 1 amide bonds. The van der Waals surface area contributed by atoms with Crippen LogP contribution in [0.4, 0.5) is 29.5 Å². The Labute approximate surface area is 587 Å². The first-order chi connectivity index (χ1) is 51.0. The molecule has 105 heavy (non-hydrogen) atoms. The van der Waals surface area contributed by atoms with E-state index in [0.29, 0.717) is 141 Å². The number of carboxylic acid groups (broad SMARTS) is 1. The lowest BCUT2D eigenvalue weighted by Crippen LogP contribution is -2.50. The number of ether oxygens (including phenoxy) is 3. The van der Waals surface area contributed by atoms with E-state index < -0.39 is 24.1 Å². The van der Waals surface area contributed by atoms with E-state index in [1.807, 2.05) is 36.1 Å².